The second-order valence-corrected chi connectivity index (χ2v) is 8.92. The number of hydrogen-bond acceptors (Lipinski definition) is 7. The van der Waals surface area contributed by atoms with Crippen molar-refractivity contribution in [3.63, 3.8) is 0 Å². The molecule has 5 rings (SSSR count). The van der Waals surface area contributed by atoms with Crippen LogP contribution in [0.4, 0.5) is 21.8 Å². The number of pyridine rings is 2. The predicted molar refractivity (Wildman–Crippen MR) is 123 cm³/mol. The van der Waals surface area contributed by atoms with Gasteiger partial charge in [0, 0.05) is 47.9 Å². The first-order valence-corrected chi connectivity index (χ1v) is 11.4. The van der Waals surface area contributed by atoms with Gasteiger partial charge in [0.2, 0.25) is 0 Å². The van der Waals surface area contributed by atoms with Crippen molar-refractivity contribution in [1.29, 1.82) is 0 Å². The fourth-order valence-corrected chi connectivity index (χ4v) is 5.24. The van der Waals surface area contributed by atoms with Gasteiger partial charge in [-0.3, -0.25) is 19.4 Å². The molecule has 2 bridgehead atoms. The van der Waals surface area contributed by atoms with Crippen LogP contribution in [0.15, 0.2) is 24.3 Å². The highest BCUT2D eigenvalue weighted by Gasteiger charge is 2.40. The Morgan fingerprint density at radius 3 is 2.66 bits per heavy atom. The van der Waals surface area contributed by atoms with Crippen LogP contribution < -0.4 is 10.6 Å². The summed E-state index contributed by atoms with van der Waals surface area (Å²) >= 11 is 0. The zero-order chi connectivity index (χ0) is 22.1. The molecular weight excluding hydrogens is 409 g/mol. The molecule has 3 aromatic heterocycles. The minimum atomic E-state index is -0.244. The first-order valence-electron chi connectivity index (χ1n) is 11.4. The number of nitrogens with zero attached hydrogens (tertiary/aromatic N) is 4. The molecule has 5 heterocycles. The van der Waals surface area contributed by atoms with Gasteiger partial charge >= 0.3 is 0 Å². The number of piperidine rings is 1. The van der Waals surface area contributed by atoms with E-state index < -0.39 is 0 Å². The fraction of sp³-hybridized carbons (Fsp3) is 0.522. The van der Waals surface area contributed by atoms with E-state index in [1.807, 2.05) is 31.2 Å². The lowest BCUT2D eigenvalue weighted by molar-refractivity contribution is 0.128. The van der Waals surface area contributed by atoms with Gasteiger partial charge in [0.15, 0.2) is 5.82 Å². The van der Waals surface area contributed by atoms with Crippen LogP contribution in [-0.2, 0) is 6.61 Å². The number of aliphatic hydroxyl groups excluding tert-OH is 1. The second-order valence-electron chi connectivity index (χ2n) is 8.92. The molecule has 2 aliphatic rings. The van der Waals surface area contributed by atoms with Gasteiger partial charge in [0.1, 0.15) is 11.6 Å². The maximum atomic E-state index is 12.7. The Morgan fingerprint density at radius 1 is 1.16 bits per heavy atom. The van der Waals surface area contributed by atoms with Crippen LogP contribution in [0, 0.1) is 6.92 Å². The standard InChI is InChI=1S/C23H30FN7O/c1-14-9-22(30-29-14)27-21-12-20-19(6-3-15(13-32)25-20)23(28-21)26-16-10-17-4-5-18(11-16)31(17)8-2-7-24/h3,6,9,12,16-18,32H,2,4-5,7-8,10-11,13H2,1H3,(H3,26,27,28,29,30)/t16?,17-,18+. The third-order valence-electron chi connectivity index (χ3n) is 6.64. The Kier molecular flexibility index (Phi) is 5.93. The van der Waals surface area contributed by atoms with Gasteiger partial charge in [-0.1, -0.05) is 0 Å². The summed E-state index contributed by atoms with van der Waals surface area (Å²) in [6.07, 6.45) is 5.06. The number of nitrogens with one attached hydrogen (secondary N) is 3. The molecule has 2 fully saturated rings. The number of hydrogen-bond donors (Lipinski definition) is 4. The smallest absolute Gasteiger partial charge is 0.153 e. The fourth-order valence-electron chi connectivity index (χ4n) is 5.24. The van der Waals surface area contributed by atoms with Crippen molar-refractivity contribution < 1.29 is 9.50 Å². The lowest BCUT2D eigenvalue weighted by atomic mass is 9.97. The van der Waals surface area contributed by atoms with E-state index in [1.54, 1.807) is 0 Å². The van der Waals surface area contributed by atoms with E-state index in [0.29, 0.717) is 41.9 Å². The van der Waals surface area contributed by atoms with Gasteiger partial charge in [-0.2, -0.15) is 5.10 Å². The second kappa shape index (κ2) is 8.99. The van der Waals surface area contributed by atoms with E-state index in [2.05, 4.69) is 30.7 Å². The van der Waals surface area contributed by atoms with Crippen LogP contribution in [0.5, 0.6) is 0 Å². The number of aromatic amines is 1. The average molecular weight is 440 g/mol. The minimum Gasteiger partial charge on any atom is -0.390 e. The number of fused-ring (bicyclic) bond motifs is 3. The van der Waals surface area contributed by atoms with Crippen molar-refractivity contribution >= 4 is 28.4 Å². The first-order chi connectivity index (χ1) is 15.6. The van der Waals surface area contributed by atoms with Crippen molar-refractivity contribution in [2.45, 2.75) is 63.8 Å². The minimum absolute atomic E-state index is 0.108. The highest BCUT2D eigenvalue weighted by molar-refractivity contribution is 5.91. The molecule has 3 atom stereocenters. The van der Waals surface area contributed by atoms with E-state index in [4.69, 9.17) is 4.98 Å². The normalized spacial score (nSPS) is 23.0. The molecule has 0 aliphatic carbocycles. The van der Waals surface area contributed by atoms with Crippen LogP contribution in [0.3, 0.4) is 0 Å². The van der Waals surface area contributed by atoms with E-state index in [-0.39, 0.29) is 13.3 Å². The Bertz CT molecular complexity index is 1070. The van der Waals surface area contributed by atoms with Gasteiger partial charge in [-0.25, -0.2) is 4.98 Å². The van der Waals surface area contributed by atoms with Crippen LogP contribution in [0.25, 0.3) is 10.9 Å². The van der Waals surface area contributed by atoms with Gasteiger partial charge in [0.25, 0.3) is 0 Å². The van der Waals surface area contributed by atoms with Gasteiger partial charge < -0.3 is 15.7 Å². The van der Waals surface area contributed by atoms with E-state index >= 15 is 0 Å². The van der Waals surface area contributed by atoms with Crippen LogP contribution in [0.2, 0.25) is 0 Å². The molecule has 0 aromatic carbocycles. The van der Waals surface area contributed by atoms with Gasteiger partial charge in [0.05, 0.1) is 24.5 Å². The first kappa shape index (κ1) is 21.1. The third-order valence-corrected chi connectivity index (χ3v) is 6.64. The lowest BCUT2D eigenvalue weighted by Gasteiger charge is -2.39. The monoisotopic (exact) mass is 439 g/mol. The molecule has 0 saturated carbocycles. The van der Waals surface area contributed by atoms with E-state index in [1.165, 1.54) is 12.8 Å². The number of anilines is 3. The summed E-state index contributed by atoms with van der Waals surface area (Å²) < 4.78 is 12.7. The molecule has 0 radical (unpaired) electrons. The zero-order valence-corrected chi connectivity index (χ0v) is 18.3. The highest BCUT2D eigenvalue weighted by atomic mass is 19.1. The number of rotatable bonds is 8. The molecule has 170 valence electrons. The molecule has 4 N–H and O–H groups in total. The highest BCUT2D eigenvalue weighted by Crippen LogP contribution is 2.37. The molecule has 3 aromatic rings. The van der Waals surface area contributed by atoms with Crippen LogP contribution >= 0.6 is 0 Å². The molecule has 9 heteroatoms. The Balaban J connectivity index is 1.41. The van der Waals surface area contributed by atoms with Crippen LogP contribution in [-0.4, -0.2) is 61.5 Å². The summed E-state index contributed by atoms with van der Waals surface area (Å²) in [5.41, 5.74) is 2.35. The lowest BCUT2D eigenvalue weighted by Crippen LogP contribution is -2.47. The summed E-state index contributed by atoms with van der Waals surface area (Å²) in [7, 11) is 0. The van der Waals surface area contributed by atoms with Crippen molar-refractivity contribution in [3.8, 4) is 0 Å². The molecule has 2 aliphatic heterocycles. The average Bonchev–Trinajstić information content (AvgIpc) is 3.30. The number of aryl methyl sites for hydroxylation is 1. The Hall–Kier alpha value is -2.78. The molecule has 0 spiro atoms. The molecule has 1 unspecified atom stereocenters. The summed E-state index contributed by atoms with van der Waals surface area (Å²) in [6, 6.07) is 8.94. The van der Waals surface area contributed by atoms with Crippen molar-refractivity contribution in [2.75, 3.05) is 23.9 Å². The molecular formula is C23H30FN7O. The SMILES string of the molecule is Cc1cc(Nc2cc3nc(CO)ccc3c(NC3C[C@H]4CC[C@@H](C3)N4CCCF)n2)n[nH]1. The van der Waals surface area contributed by atoms with Crippen molar-refractivity contribution in [3.05, 3.63) is 35.7 Å². The zero-order valence-electron chi connectivity index (χ0n) is 18.3. The largest absolute Gasteiger partial charge is 0.390 e. The summed E-state index contributed by atoms with van der Waals surface area (Å²) in [6.45, 7) is 2.45. The maximum Gasteiger partial charge on any atom is 0.153 e. The van der Waals surface area contributed by atoms with Crippen molar-refractivity contribution in [1.82, 2.24) is 25.1 Å². The predicted octanol–water partition coefficient (Wildman–Crippen LogP) is 3.66. The number of aliphatic hydroxyl groups is 1. The number of alkyl halides is 1. The van der Waals surface area contributed by atoms with E-state index in [0.717, 1.165) is 41.8 Å². The summed E-state index contributed by atoms with van der Waals surface area (Å²) in [5.74, 6) is 2.13. The van der Waals surface area contributed by atoms with E-state index in [9.17, 15) is 9.50 Å². The molecule has 0 amide bonds. The van der Waals surface area contributed by atoms with Crippen molar-refractivity contribution in [2.24, 2.45) is 0 Å². The van der Waals surface area contributed by atoms with Gasteiger partial charge in [-0.05, 0) is 51.2 Å². The Labute approximate surface area is 186 Å². The number of H-pyrrole nitrogens is 1. The third kappa shape index (κ3) is 4.27. The summed E-state index contributed by atoms with van der Waals surface area (Å²) in [4.78, 5) is 12.0. The molecule has 8 nitrogen and oxygen atoms in total. The Morgan fingerprint density at radius 2 is 1.97 bits per heavy atom. The molecule has 32 heavy (non-hydrogen) atoms. The number of halogens is 1. The topological polar surface area (TPSA) is 102 Å². The molecule has 2 saturated heterocycles. The number of aromatic nitrogens is 4. The summed E-state index contributed by atoms with van der Waals surface area (Å²) in [5, 5.41) is 24.6. The maximum absolute atomic E-state index is 12.7. The van der Waals surface area contributed by atoms with Gasteiger partial charge in [-0.15, -0.1) is 0 Å². The quantitative estimate of drug-likeness (QED) is 0.425. The van der Waals surface area contributed by atoms with Crippen LogP contribution in [0.1, 0.15) is 43.5 Å².